The SMILES string of the molecule is CCOc1ccc2c(ccn2CCNC)c1. The Balaban J connectivity index is 2.27. The molecular formula is C13H18N2O. The molecule has 0 aliphatic rings. The molecule has 2 rings (SSSR count). The van der Waals surface area contributed by atoms with Gasteiger partial charge in [-0.15, -0.1) is 0 Å². The molecule has 0 amide bonds. The molecule has 86 valence electrons. The summed E-state index contributed by atoms with van der Waals surface area (Å²) in [5.41, 5.74) is 1.26. The molecule has 0 aliphatic heterocycles. The fraction of sp³-hybridized carbons (Fsp3) is 0.385. The topological polar surface area (TPSA) is 26.2 Å². The van der Waals surface area contributed by atoms with Crippen LogP contribution in [-0.2, 0) is 6.54 Å². The van der Waals surface area contributed by atoms with Crippen LogP contribution in [0.3, 0.4) is 0 Å². The minimum absolute atomic E-state index is 0.714. The zero-order valence-corrected chi connectivity index (χ0v) is 9.86. The van der Waals surface area contributed by atoms with Crippen LogP contribution in [0.5, 0.6) is 5.75 Å². The molecule has 16 heavy (non-hydrogen) atoms. The number of fused-ring (bicyclic) bond motifs is 1. The molecule has 0 atom stereocenters. The van der Waals surface area contributed by atoms with Crippen LogP contribution in [0.2, 0.25) is 0 Å². The highest BCUT2D eigenvalue weighted by Crippen LogP contribution is 2.21. The number of nitrogens with zero attached hydrogens (tertiary/aromatic N) is 1. The Morgan fingerprint density at radius 1 is 1.31 bits per heavy atom. The molecule has 2 aromatic rings. The van der Waals surface area contributed by atoms with Crippen LogP contribution in [0.15, 0.2) is 30.5 Å². The maximum Gasteiger partial charge on any atom is 0.120 e. The van der Waals surface area contributed by atoms with E-state index >= 15 is 0 Å². The van der Waals surface area contributed by atoms with E-state index in [0.29, 0.717) is 6.61 Å². The number of ether oxygens (including phenoxy) is 1. The lowest BCUT2D eigenvalue weighted by molar-refractivity contribution is 0.340. The summed E-state index contributed by atoms with van der Waals surface area (Å²) >= 11 is 0. The minimum atomic E-state index is 0.714. The summed E-state index contributed by atoms with van der Waals surface area (Å²) in [6, 6.07) is 8.37. The molecule has 0 saturated carbocycles. The lowest BCUT2D eigenvalue weighted by Gasteiger charge is -2.06. The second kappa shape index (κ2) is 5.03. The predicted octanol–water partition coefficient (Wildman–Crippen LogP) is 2.26. The highest BCUT2D eigenvalue weighted by molar-refractivity contribution is 5.81. The number of hydrogen-bond donors (Lipinski definition) is 1. The summed E-state index contributed by atoms with van der Waals surface area (Å²) in [4.78, 5) is 0. The van der Waals surface area contributed by atoms with Crippen molar-refractivity contribution in [2.75, 3.05) is 20.2 Å². The van der Waals surface area contributed by atoms with Gasteiger partial charge in [0.05, 0.1) is 6.61 Å². The van der Waals surface area contributed by atoms with Gasteiger partial charge >= 0.3 is 0 Å². The van der Waals surface area contributed by atoms with E-state index in [1.807, 2.05) is 20.0 Å². The molecule has 3 heteroatoms. The first-order chi connectivity index (χ1) is 7.85. The van der Waals surface area contributed by atoms with Crippen LogP contribution < -0.4 is 10.1 Å². The van der Waals surface area contributed by atoms with Gasteiger partial charge < -0.3 is 14.6 Å². The second-order valence-electron chi connectivity index (χ2n) is 3.77. The van der Waals surface area contributed by atoms with Gasteiger partial charge in [0, 0.05) is 30.2 Å². The maximum atomic E-state index is 5.48. The highest BCUT2D eigenvalue weighted by atomic mass is 16.5. The smallest absolute Gasteiger partial charge is 0.120 e. The maximum absolute atomic E-state index is 5.48. The Hall–Kier alpha value is -1.48. The van der Waals surface area contributed by atoms with E-state index in [-0.39, 0.29) is 0 Å². The summed E-state index contributed by atoms with van der Waals surface area (Å²) in [5.74, 6) is 0.946. The van der Waals surface area contributed by atoms with Gasteiger partial charge in [0.15, 0.2) is 0 Å². The van der Waals surface area contributed by atoms with Gasteiger partial charge in [0.25, 0.3) is 0 Å². The molecule has 0 fully saturated rings. The average Bonchev–Trinajstić information content (AvgIpc) is 2.69. The van der Waals surface area contributed by atoms with Gasteiger partial charge in [-0.25, -0.2) is 0 Å². The van der Waals surface area contributed by atoms with Gasteiger partial charge in [0.2, 0.25) is 0 Å². The van der Waals surface area contributed by atoms with E-state index < -0.39 is 0 Å². The van der Waals surface area contributed by atoms with Gasteiger partial charge in [-0.05, 0) is 38.2 Å². The largest absolute Gasteiger partial charge is 0.494 e. The third-order valence-corrected chi connectivity index (χ3v) is 2.66. The van der Waals surface area contributed by atoms with Crippen molar-refractivity contribution in [2.24, 2.45) is 0 Å². The number of hydrogen-bond acceptors (Lipinski definition) is 2. The molecule has 1 aromatic carbocycles. The minimum Gasteiger partial charge on any atom is -0.494 e. The van der Waals surface area contributed by atoms with E-state index in [2.05, 4.69) is 34.3 Å². The zero-order valence-electron chi connectivity index (χ0n) is 9.86. The van der Waals surface area contributed by atoms with Crippen LogP contribution in [0, 0.1) is 0 Å². The van der Waals surface area contributed by atoms with Crippen molar-refractivity contribution < 1.29 is 4.74 Å². The van der Waals surface area contributed by atoms with Gasteiger partial charge in [0.1, 0.15) is 5.75 Å². The molecule has 1 N–H and O–H groups in total. The molecular weight excluding hydrogens is 200 g/mol. The Bertz CT molecular complexity index is 462. The second-order valence-corrected chi connectivity index (χ2v) is 3.77. The first-order valence-corrected chi connectivity index (χ1v) is 5.71. The number of nitrogens with one attached hydrogen (secondary N) is 1. The van der Waals surface area contributed by atoms with E-state index in [1.165, 1.54) is 10.9 Å². The van der Waals surface area contributed by atoms with E-state index in [0.717, 1.165) is 18.8 Å². The molecule has 0 saturated heterocycles. The van der Waals surface area contributed by atoms with Crippen molar-refractivity contribution in [2.45, 2.75) is 13.5 Å². The fourth-order valence-electron chi connectivity index (χ4n) is 1.86. The standard InChI is InChI=1S/C13H18N2O/c1-3-16-12-4-5-13-11(10-12)6-8-15(13)9-7-14-2/h4-6,8,10,14H,3,7,9H2,1-2H3. The van der Waals surface area contributed by atoms with Gasteiger partial charge in [-0.2, -0.15) is 0 Å². The first kappa shape index (κ1) is 11.0. The molecule has 0 bridgehead atoms. The lowest BCUT2D eigenvalue weighted by Crippen LogP contribution is -2.14. The Morgan fingerprint density at radius 3 is 2.94 bits per heavy atom. The first-order valence-electron chi connectivity index (χ1n) is 5.71. The quantitative estimate of drug-likeness (QED) is 0.833. The number of rotatable bonds is 5. The number of likely N-dealkylation sites (N-methyl/N-ethyl adjacent to an activating group) is 1. The van der Waals surface area contributed by atoms with Crippen molar-refractivity contribution in [1.29, 1.82) is 0 Å². The zero-order chi connectivity index (χ0) is 11.4. The van der Waals surface area contributed by atoms with E-state index in [9.17, 15) is 0 Å². The van der Waals surface area contributed by atoms with Crippen LogP contribution in [0.25, 0.3) is 10.9 Å². The summed E-state index contributed by atoms with van der Waals surface area (Å²) in [5, 5.41) is 4.39. The van der Waals surface area contributed by atoms with Crippen LogP contribution >= 0.6 is 0 Å². The van der Waals surface area contributed by atoms with Crippen molar-refractivity contribution in [3.8, 4) is 5.75 Å². The summed E-state index contributed by atoms with van der Waals surface area (Å²) in [6.45, 7) is 4.69. The third kappa shape index (κ3) is 2.19. The van der Waals surface area contributed by atoms with E-state index in [4.69, 9.17) is 4.74 Å². The molecule has 3 nitrogen and oxygen atoms in total. The van der Waals surface area contributed by atoms with Crippen LogP contribution in [0.1, 0.15) is 6.92 Å². The Morgan fingerprint density at radius 2 is 2.19 bits per heavy atom. The molecule has 1 heterocycles. The normalized spacial score (nSPS) is 10.9. The van der Waals surface area contributed by atoms with Crippen molar-refractivity contribution in [3.05, 3.63) is 30.5 Å². The Kier molecular flexibility index (Phi) is 3.47. The molecule has 0 radical (unpaired) electrons. The third-order valence-electron chi connectivity index (χ3n) is 2.66. The van der Waals surface area contributed by atoms with Gasteiger partial charge in [-0.3, -0.25) is 0 Å². The molecule has 0 unspecified atom stereocenters. The highest BCUT2D eigenvalue weighted by Gasteiger charge is 2.01. The van der Waals surface area contributed by atoms with Crippen molar-refractivity contribution >= 4 is 10.9 Å². The average molecular weight is 218 g/mol. The fourth-order valence-corrected chi connectivity index (χ4v) is 1.86. The molecule has 1 aromatic heterocycles. The number of benzene rings is 1. The summed E-state index contributed by atoms with van der Waals surface area (Å²) in [6.07, 6.45) is 2.12. The van der Waals surface area contributed by atoms with E-state index in [1.54, 1.807) is 0 Å². The van der Waals surface area contributed by atoms with Crippen molar-refractivity contribution in [1.82, 2.24) is 9.88 Å². The van der Waals surface area contributed by atoms with Crippen LogP contribution in [0.4, 0.5) is 0 Å². The van der Waals surface area contributed by atoms with Crippen LogP contribution in [-0.4, -0.2) is 24.8 Å². The predicted molar refractivity (Wildman–Crippen MR) is 67.0 cm³/mol. The summed E-state index contributed by atoms with van der Waals surface area (Å²) in [7, 11) is 1.97. The number of aromatic nitrogens is 1. The molecule has 0 aliphatic carbocycles. The lowest BCUT2D eigenvalue weighted by atomic mass is 10.2. The molecule has 0 spiro atoms. The van der Waals surface area contributed by atoms with Gasteiger partial charge in [-0.1, -0.05) is 0 Å². The Labute approximate surface area is 96.0 Å². The summed E-state index contributed by atoms with van der Waals surface area (Å²) < 4.78 is 7.73. The monoisotopic (exact) mass is 218 g/mol. The van der Waals surface area contributed by atoms with Crippen molar-refractivity contribution in [3.63, 3.8) is 0 Å².